The Kier molecular flexibility index (Phi) is 4.64. The molecule has 152 valence electrons. The van der Waals surface area contributed by atoms with Crippen LogP contribution in [-0.2, 0) is 21.5 Å². The lowest BCUT2D eigenvalue weighted by Crippen LogP contribution is -2.50. The summed E-state index contributed by atoms with van der Waals surface area (Å²) >= 11 is 0. The molecule has 3 heterocycles. The SMILES string of the molecule is CCC[C@@H]1N(C(=O)Cn2cc(C)c(=O)[nH]c2=O)CC[C@]12C(=O)Nc1ccccc12. The number of anilines is 1. The molecule has 8 nitrogen and oxygen atoms in total. The van der Waals surface area contributed by atoms with Gasteiger partial charge in [0.05, 0.1) is 11.5 Å². The number of fused-ring (bicyclic) bond motifs is 2. The van der Waals surface area contributed by atoms with Crippen molar-refractivity contribution in [3.63, 3.8) is 0 Å². The molecule has 0 unspecified atom stereocenters. The predicted molar refractivity (Wildman–Crippen MR) is 108 cm³/mol. The Morgan fingerprint density at radius 3 is 2.76 bits per heavy atom. The Hall–Kier alpha value is -3.16. The molecule has 0 saturated carbocycles. The Labute approximate surface area is 167 Å². The molecule has 1 aromatic carbocycles. The summed E-state index contributed by atoms with van der Waals surface area (Å²) in [5.74, 6) is -0.296. The van der Waals surface area contributed by atoms with Crippen LogP contribution in [0.2, 0.25) is 0 Å². The van der Waals surface area contributed by atoms with Gasteiger partial charge in [-0.15, -0.1) is 0 Å². The van der Waals surface area contributed by atoms with Crippen molar-refractivity contribution >= 4 is 17.5 Å². The number of nitrogens with zero attached hydrogens (tertiary/aromatic N) is 2. The zero-order chi connectivity index (χ0) is 20.8. The minimum absolute atomic E-state index is 0.0653. The maximum absolute atomic E-state index is 13.1. The number of nitrogens with one attached hydrogen (secondary N) is 2. The lowest BCUT2D eigenvalue weighted by molar-refractivity contribution is -0.134. The smallest absolute Gasteiger partial charge is 0.328 e. The molecule has 2 aliphatic heterocycles. The maximum Gasteiger partial charge on any atom is 0.328 e. The maximum atomic E-state index is 13.1. The van der Waals surface area contributed by atoms with E-state index in [9.17, 15) is 19.2 Å². The van der Waals surface area contributed by atoms with Crippen molar-refractivity contribution in [1.82, 2.24) is 14.5 Å². The molecule has 4 rings (SSSR count). The highest BCUT2D eigenvalue weighted by molar-refractivity contribution is 6.07. The average molecular weight is 396 g/mol. The topological polar surface area (TPSA) is 104 Å². The Balaban J connectivity index is 1.68. The Morgan fingerprint density at radius 2 is 2.00 bits per heavy atom. The van der Waals surface area contributed by atoms with E-state index in [0.29, 0.717) is 24.9 Å². The van der Waals surface area contributed by atoms with E-state index in [1.54, 1.807) is 11.8 Å². The van der Waals surface area contributed by atoms with Crippen LogP contribution < -0.4 is 16.6 Å². The van der Waals surface area contributed by atoms with Crippen LogP contribution in [0.3, 0.4) is 0 Å². The van der Waals surface area contributed by atoms with E-state index >= 15 is 0 Å². The van der Waals surface area contributed by atoms with Crippen LogP contribution in [0.4, 0.5) is 5.69 Å². The van der Waals surface area contributed by atoms with Gasteiger partial charge < -0.3 is 10.2 Å². The highest BCUT2D eigenvalue weighted by Gasteiger charge is 2.58. The number of hydrogen-bond donors (Lipinski definition) is 2. The van der Waals surface area contributed by atoms with Crippen molar-refractivity contribution in [2.45, 2.75) is 51.1 Å². The molecule has 8 heteroatoms. The molecule has 2 N–H and O–H groups in total. The van der Waals surface area contributed by atoms with Gasteiger partial charge in [-0.05, 0) is 31.4 Å². The van der Waals surface area contributed by atoms with Gasteiger partial charge in [0.25, 0.3) is 5.56 Å². The molecular weight excluding hydrogens is 372 g/mol. The summed E-state index contributed by atoms with van der Waals surface area (Å²) < 4.78 is 1.22. The van der Waals surface area contributed by atoms with Gasteiger partial charge in [-0.25, -0.2) is 4.79 Å². The number of hydrogen-bond acceptors (Lipinski definition) is 4. The fourth-order valence-corrected chi connectivity index (χ4v) is 4.75. The van der Waals surface area contributed by atoms with Crippen molar-refractivity contribution in [3.8, 4) is 0 Å². The molecule has 1 aromatic heterocycles. The van der Waals surface area contributed by atoms with Crippen LogP contribution in [-0.4, -0.2) is 38.9 Å². The zero-order valence-corrected chi connectivity index (χ0v) is 16.5. The minimum atomic E-state index is -0.756. The second kappa shape index (κ2) is 7.02. The third-order valence-corrected chi connectivity index (χ3v) is 6.13. The quantitative estimate of drug-likeness (QED) is 0.808. The fraction of sp³-hybridized carbons (Fsp3) is 0.429. The van der Waals surface area contributed by atoms with Crippen LogP contribution in [0, 0.1) is 6.92 Å². The van der Waals surface area contributed by atoms with Gasteiger partial charge in [0.1, 0.15) is 6.54 Å². The van der Waals surface area contributed by atoms with Crippen LogP contribution in [0.15, 0.2) is 40.1 Å². The number of carbonyl (C=O) groups excluding carboxylic acids is 2. The number of aromatic amines is 1. The second-order valence-electron chi connectivity index (χ2n) is 7.81. The molecule has 1 saturated heterocycles. The zero-order valence-electron chi connectivity index (χ0n) is 16.5. The number of H-pyrrole nitrogens is 1. The van der Waals surface area contributed by atoms with E-state index in [1.807, 2.05) is 31.2 Å². The number of benzene rings is 1. The Bertz CT molecular complexity index is 1100. The standard InChI is InChI=1S/C21H24N4O4/c1-3-6-16-21(14-7-4-5-8-15(14)22-19(21)28)9-10-25(16)17(26)12-24-11-13(2)18(27)23-20(24)29/h4-5,7-8,11,16H,3,6,9-10,12H2,1-2H3,(H,22,28)(H,23,27,29)/t16-,21+/m0/s1. The summed E-state index contributed by atoms with van der Waals surface area (Å²) in [4.78, 5) is 53.8. The summed E-state index contributed by atoms with van der Waals surface area (Å²) in [5.41, 5.74) is 0.287. The summed E-state index contributed by atoms with van der Waals surface area (Å²) in [5, 5.41) is 2.98. The number of para-hydroxylation sites is 1. The van der Waals surface area contributed by atoms with Crippen molar-refractivity contribution in [1.29, 1.82) is 0 Å². The first-order valence-corrected chi connectivity index (χ1v) is 9.89. The van der Waals surface area contributed by atoms with Gasteiger partial charge >= 0.3 is 5.69 Å². The lowest BCUT2D eigenvalue weighted by Gasteiger charge is -2.34. The molecule has 2 atom stereocenters. The van der Waals surface area contributed by atoms with Gasteiger partial charge in [0.15, 0.2) is 0 Å². The number of aromatic nitrogens is 2. The number of aryl methyl sites for hydroxylation is 1. The third-order valence-electron chi connectivity index (χ3n) is 6.13. The summed E-state index contributed by atoms with van der Waals surface area (Å²) in [6.45, 7) is 3.89. The minimum Gasteiger partial charge on any atom is -0.337 e. The molecule has 1 fully saturated rings. The molecule has 0 radical (unpaired) electrons. The first-order chi connectivity index (χ1) is 13.9. The molecule has 0 aliphatic carbocycles. The Morgan fingerprint density at radius 1 is 1.24 bits per heavy atom. The van der Waals surface area contributed by atoms with Crippen LogP contribution in [0.25, 0.3) is 0 Å². The molecule has 2 aliphatic rings. The van der Waals surface area contributed by atoms with Gasteiger partial charge in [0.2, 0.25) is 11.8 Å². The average Bonchev–Trinajstić information content (AvgIpc) is 3.20. The number of likely N-dealkylation sites (tertiary alicyclic amines) is 1. The fourth-order valence-electron chi connectivity index (χ4n) is 4.75. The summed E-state index contributed by atoms with van der Waals surface area (Å²) in [6.07, 6.45) is 3.46. The largest absolute Gasteiger partial charge is 0.337 e. The summed E-state index contributed by atoms with van der Waals surface area (Å²) in [7, 11) is 0. The van der Waals surface area contributed by atoms with Crippen LogP contribution in [0.1, 0.15) is 37.3 Å². The summed E-state index contributed by atoms with van der Waals surface area (Å²) in [6, 6.07) is 7.37. The van der Waals surface area contributed by atoms with Crippen molar-refractivity contribution in [2.75, 3.05) is 11.9 Å². The third kappa shape index (κ3) is 2.90. The highest BCUT2D eigenvalue weighted by Crippen LogP contribution is 2.49. The van der Waals surface area contributed by atoms with E-state index in [1.165, 1.54) is 10.8 Å². The predicted octanol–water partition coefficient (Wildman–Crippen LogP) is 1.14. The van der Waals surface area contributed by atoms with Crippen LogP contribution >= 0.6 is 0 Å². The van der Waals surface area contributed by atoms with Crippen molar-refractivity contribution in [2.24, 2.45) is 0 Å². The highest BCUT2D eigenvalue weighted by atomic mass is 16.2. The number of carbonyl (C=O) groups is 2. The van der Waals surface area contributed by atoms with E-state index in [-0.39, 0.29) is 24.4 Å². The first kappa shape index (κ1) is 19.2. The van der Waals surface area contributed by atoms with Crippen LogP contribution in [0.5, 0.6) is 0 Å². The number of rotatable bonds is 4. The molecule has 0 bridgehead atoms. The van der Waals surface area contributed by atoms with Crippen molar-refractivity contribution in [3.05, 3.63) is 62.4 Å². The van der Waals surface area contributed by atoms with E-state index in [4.69, 9.17) is 0 Å². The molecular formula is C21H24N4O4. The van der Waals surface area contributed by atoms with Crippen molar-refractivity contribution < 1.29 is 9.59 Å². The van der Waals surface area contributed by atoms with Gasteiger partial charge in [-0.3, -0.25) is 23.9 Å². The second-order valence-corrected chi connectivity index (χ2v) is 7.81. The van der Waals surface area contributed by atoms with E-state index in [0.717, 1.165) is 17.7 Å². The normalized spacial score (nSPS) is 22.8. The first-order valence-electron chi connectivity index (χ1n) is 9.89. The molecule has 1 spiro atoms. The molecule has 29 heavy (non-hydrogen) atoms. The van der Waals surface area contributed by atoms with Gasteiger partial charge in [-0.1, -0.05) is 31.5 Å². The molecule has 2 amide bonds. The molecule has 2 aromatic rings. The van der Waals surface area contributed by atoms with Gasteiger partial charge in [0, 0.05) is 24.0 Å². The van der Waals surface area contributed by atoms with E-state index in [2.05, 4.69) is 10.3 Å². The lowest BCUT2D eigenvalue weighted by atomic mass is 9.73. The monoisotopic (exact) mass is 396 g/mol. The van der Waals surface area contributed by atoms with Gasteiger partial charge in [-0.2, -0.15) is 0 Å². The van der Waals surface area contributed by atoms with E-state index < -0.39 is 16.7 Å². The number of amides is 2.